The number of rotatable bonds is 8. The maximum atomic E-state index is 6.46. The van der Waals surface area contributed by atoms with Gasteiger partial charge in [-0.2, -0.15) is 0 Å². The first-order valence-electron chi connectivity index (χ1n) is 15.0. The van der Waals surface area contributed by atoms with Crippen molar-refractivity contribution in [1.82, 2.24) is 29.7 Å². The molecule has 2 aromatic carbocycles. The first-order valence-corrected chi connectivity index (χ1v) is 16.1. The smallest absolute Gasteiger partial charge is 0.145 e. The summed E-state index contributed by atoms with van der Waals surface area (Å²) in [5, 5.41) is 5.47. The minimum absolute atomic E-state index is 0.123. The molecule has 1 fully saturated rings. The van der Waals surface area contributed by atoms with E-state index in [0.717, 1.165) is 104 Å². The summed E-state index contributed by atoms with van der Waals surface area (Å²) in [4.78, 5) is 22.3. The lowest BCUT2D eigenvalue weighted by atomic mass is 9.87. The molecule has 6 rings (SSSR count). The van der Waals surface area contributed by atoms with Crippen LogP contribution in [-0.4, -0.2) is 83.0 Å². The quantitative estimate of drug-likeness (QED) is 0.228. The molecule has 1 unspecified atom stereocenters. The van der Waals surface area contributed by atoms with Crippen LogP contribution in [0.4, 0.5) is 5.82 Å². The normalized spacial score (nSPS) is 18.0. The van der Waals surface area contributed by atoms with E-state index in [4.69, 9.17) is 26.6 Å². The number of halogens is 2. The van der Waals surface area contributed by atoms with E-state index >= 15 is 0 Å². The van der Waals surface area contributed by atoms with Crippen molar-refractivity contribution in [1.29, 1.82) is 0 Å². The number of aryl methyl sites for hydroxylation is 2. The van der Waals surface area contributed by atoms with Gasteiger partial charge in [-0.1, -0.05) is 29.8 Å². The van der Waals surface area contributed by atoms with Crippen LogP contribution in [0.25, 0.3) is 10.9 Å². The van der Waals surface area contributed by atoms with Crippen LogP contribution in [0.3, 0.4) is 0 Å². The molecule has 9 heteroatoms. The number of hydrogen-bond acceptors (Lipinski definition) is 7. The highest BCUT2D eigenvalue weighted by Crippen LogP contribution is 2.37. The SMILES string of the molecule is CN(C)CCCNc1nc(CN2CCN(C3c4ccc(Cl)cc4CCCc4cc(Br)cnc43)CC2)nc2ccccc12. The van der Waals surface area contributed by atoms with Crippen molar-refractivity contribution in [2.24, 2.45) is 0 Å². The number of pyridine rings is 1. The molecule has 2 aliphatic rings. The van der Waals surface area contributed by atoms with Crippen LogP contribution in [0.5, 0.6) is 0 Å². The first-order chi connectivity index (χ1) is 20.4. The summed E-state index contributed by atoms with van der Waals surface area (Å²) in [5.41, 5.74) is 6.20. The fourth-order valence-electron chi connectivity index (χ4n) is 6.29. The van der Waals surface area contributed by atoms with Gasteiger partial charge in [0.15, 0.2) is 0 Å². The van der Waals surface area contributed by atoms with E-state index in [-0.39, 0.29) is 6.04 Å². The number of fused-ring (bicyclic) bond motifs is 3. The summed E-state index contributed by atoms with van der Waals surface area (Å²) in [6.45, 7) is 6.48. The largest absolute Gasteiger partial charge is 0.369 e. The van der Waals surface area contributed by atoms with Gasteiger partial charge in [0.25, 0.3) is 0 Å². The Morgan fingerprint density at radius 1 is 1.00 bits per heavy atom. The number of para-hydroxylation sites is 1. The van der Waals surface area contributed by atoms with Crippen molar-refractivity contribution >= 4 is 44.3 Å². The second-order valence-electron chi connectivity index (χ2n) is 11.7. The molecular weight excluding hydrogens is 610 g/mol. The summed E-state index contributed by atoms with van der Waals surface area (Å²) in [6, 6.07) is 17.1. The number of benzene rings is 2. The van der Waals surface area contributed by atoms with Gasteiger partial charge in [-0.15, -0.1) is 0 Å². The lowest BCUT2D eigenvalue weighted by Crippen LogP contribution is -2.48. The summed E-state index contributed by atoms with van der Waals surface area (Å²) >= 11 is 10.1. The van der Waals surface area contributed by atoms with Gasteiger partial charge in [-0.05, 0) is 109 Å². The average Bonchev–Trinajstić information content (AvgIpc) is 2.97. The first kappa shape index (κ1) is 29.5. The molecule has 220 valence electrons. The molecule has 0 amide bonds. The third kappa shape index (κ3) is 6.79. The van der Waals surface area contributed by atoms with E-state index in [9.17, 15) is 0 Å². The second kappa shape index (κ2) is 13.3. The highest BCUT2D eigenvalue weighted by Gasteiger charge is 2.32. The van der Waals surface area contributed by atoms with E-state index in [0.29, 0.717) is 0 Å². The number of aromatic nitrogens is 3. The van der Waals surface area contributed by atoms with Crippen molar-refractivity contribution in [3.05, 3.63) is 92.4 Å². The molecule has 1 aliphatic heterocycles. The highest BCUT2D eigenvalue weighted by atomic mass is 79.9. The van der Waals surface area contributed by atoms with Gasteiger partial charge in [-0.25, -0.2) is 9.97 Å². The summed E-state index contributed by atoms with van der Waals surface area (Å²) in [5.74, 6) is 1.81. The van der Waals surface area contributed by atoms with E-state index in [1.165, 1.54) is 22.4 Å². The van der Waals surface area contributed by atoms with Gasteiger partial charge in [-0.3, -0.25) is 14.8 Å². The molecular formula is C33H39BrClN7. The Hall–Kier alpha value is -2.62. The second-order valence-corrected chi connectivity index (χ2v) is 13.1. The number of hydrogen-bond donors (Lipinski definition) is 1. The summed E-state index contributed by atoms with van der Waals surface area (Å²) in [6.07, 6.45) is 6.16. The lowest BCUT2D eigenvalue weighted by molar-refractivity contribution is 0.101. The van der Waals surface area contributed by atoms with E-state index < -0.39 is 0 Å². The third-order valence-electron chi connectivity index (χ3n) is 8.38. The fourth-order valence-corrected chi connectivity index (χ4v) is 6.87. The summed E-state index contributed by atoms with van der Waals surface area (Å²) < 4.78 is 1.05. The van der Waals surface area contributed by atoms with Crippen LogP contribution in [0.2, 0.25) is 5.02 Å². The molecule has 0 radical (unpaired) electrons. The minimum atomic E-state index is 0.123. The monoisotopic (exact) mass is 647 g/mol. The fraction of sp³-hybridized carbons (Fsp3) is 0.424. The van der Waals surface area contributed by atoms with Crippen molar-refractivity contribution in [3.8, 4) is 0 Å². The summed E-state index contributed by atoms with van der Waals surface area (Å²) in [7, 11) is 4.22. The number of nitrogens with one attached hydrogen (secondary N) is 1. The van der Waals surface area contributed by atoms with Crippen molar-refractivity contribution in [3.63, 3.8) is 0 Å². The van der Waals surface area contributed by atoms with Crippen LogP contribution in [0.15, 0.2) is 59.2 Å². The molecule has 1 saturated heterocycles. The van der Waals surface area contributed by atoms with Crippen molar-refractivity contribution in [2.45, 2.75) is 38.3 Å². The molecule has 0 saturated carbocycles. The Morgan fingerprint density at radius 3 is 2.64 bits per heavy atom. The number of nitrogens with zero attached hydrogens (tertiary/aromatic N) is 6. The molecule has 1 N–H and O–H groups in total. The van der Waals surface area contributed by atoms with E-state index in [2.05, 4.69) is 92.5 Å². The van der Waals surface area contributed by atoms with Crippen molar-refractivity contribution in [2.75, 3.05) is 58.7 Å². The zero-order chi connectivity index (χ0) is 29.1. The molecule has 1 aliphatic carbocycles. The third-order valence-corrected chi connectivity index (χ3v) is 9.05. The maximum absolute atomic E-state index is 6.46. The van der Waals surface area contributed by atoms with Crippen LogP contribution in [0.1, 0.15) is 47.1 Å². The lowest BCUT2D eigenvalue weighted by Gasteiger charge is -2.40. The highest BCUT2D eigenvalue weighted by molar-refractivity contribution is 9.10. The number of piperazine rings is 1. The van der Waals surface area contributed by atoms with E-state index in [1.54, 1.807) is 0 Å². The van der Waals surface area contributed by atoms with Gasteiger partial charge >= 0.3 is 0 Å². The Balaban J connectivity index is 1.20. The van der Waals surface area contributed by atoms with Crippen LogP contribution in [0, 0.1) is 0 Å². The predicted octanol–water partition coefficient (Wildman–Crippen LogP) is 6.20. The molecule has 1 atom stereocenters. The Morgan fingerprint density at radius 2 is 1.81 bits per heavy atom. The van der Waals surface area contributed by atoms with Gasteiger partial charge in [0, 0.05) is 53.8 Å². The molecule has 7 nitrogen and oxygen atoms in total. The van der Waals surface area contributed by atoms with Crippen LogP contribution >= 0.6 is 27.5 Å². The average molecular weight is 649 g/mol. The molecule has 4 aromatic rings. The van der Waals surface area contributed by atoms with Crippen molar-refractivity contribution < 1.29 is 0 Å². The van der Waals surface area contributed by atoms with Gasteiger partial charge in [0.1, 0.15) is 11.6 Å². The topological polar surface area (TPSA) is 60.4 Å². The van der Waals surface area contributed by atoms with Gasteiger partial charge in [0.05, 0.1) is 23.8 Å². The molecule has 2 aromatic heterocycles. The zero-order valence-corrected chi connectivity index (χ0v) is 26.8. The minimum Gasteiger partial charge on any atom is -0.369 e. The Labute approximate surface area is 262 Å². The predicted molar refractivity (Wildman–Crippen MR) is 175 cm³/mol. The molecule has 42 heavy (non-hydrogen) atoms. The number of anilines is 1. The maximum Gasteiger partial charge on any atom is 0.145 e. The molecule has 3 heterocycles. The standard InChI is InChI=1S/C33H39BrClN7/c1-40(2)14-6-13-36-33-28-9-3-4-10-29(28)38-30(39-33)22-41-15-17-42(18-16-41)32-27-12-11-26(35)20-23(27)7-5-8-24-19-25(34)21-37-31(24)32/h3-4,9-12,19-21,32H,5-8,13-18,22H2,1-2H3,(H,36,38,39). The Bertz CT molecular complexity index is 1480. The molecule has 0 bridgehead atoms. The zero-order valence-electron chi connectivity index (χ0n) is 24.5. The van der Waals surface area contributed by atoms with Gasteiger partial charge < -0.3 is 10.2 Å². The van der Waals surface area contributed by atoms with Gasteiger partial charge in [0.2, 0.25) is 0 Å². The van der Waals surface area contributed by atoms with E-state index in [1.807, 2.05) is 12.3 Å². The van der Waals surface area contributed by atoms with Crippen LogP contribution in [-0.2, 0) is 19.4 Å². The molecule has 0 spiro atoms. The Kier molecular flexibility index (Phi) is 9.36. The van der Waals surface area contributed by atoms with Crippen LogP contribution < -0.4 is 5.32 Å².